The van der Waals surface area contributed by atoms with Crippen LogP contribution in [0.5, 0.6) is 5.75 Å². The highest BCUT2D eigenvalue weighted by Crippen LogP contribution is 2.24. The molecule has 7 nitrogen and oxygen atoms in total. The molecule has 1 aromatic carbocycles. The van der Waals surface area contributed by atoms with Crippen molar-refractivity contribution in [1.82, 2.24) is 9.55 Å². The van der Waals surface area contributed by atoms with Crippen LogP contribution < -0.4 is 4.74 Å². The molecule has 2 rings (SSSR count). The van der Waals surface area contributed by atoms with Crippen molar-refractivity contribution >= 4 is 12.1 Å². The fourth-order valence-corrected chi connectivity index (χ4v) is 2.33. The number of methoxy groups -OCH3 is 1. The Bertz CT molecular complexity index is 772. The minimum Gasteiger partial charge on any atom is -0.497 e. The topological polar surface area (TPSA) is 79.7 Å². The Morgan fingerprint density at radius 2 is 1.81 bits per heavy atom. The first kappa shape index (κ1) is 19.5. The third kappa shape index (κ3) is 4.84. The zero-order valence-electron chi connectivity index (χ0n) is 15.7. The Kier molecular flexibility index (Phi) is 6.02. The van der Waals surface area contributed by atoms with E-state index in [1.807, 2.05) is 0 Å². The second-order valence-electron chi connectivity index (χ2n) is 6.60. The van der Waals surface area contributed by atoms with Gasteiger partial charge in [0.05, 0.1) is 32.0 Å². The van der Waals surface area contributed by atoms with Crippen LogP contribution in [0, 0.1) is 0 Å². The SMILES string of the molecule is CCOC(=O)Cc1cnc(-c2ccc(OC)cc2)n1C(=O)OC(C)(C)C. The molecule has 0 radical (unpaired) electrons. The number of nitrogens with zero attached hydrogens (tertiary/aromatic N) is 2. The second kappa shape index (κ2) is 8.03. The maximum absolute atomic E-state index is 12.7. The third-order valence-electron chi connectivity index (χ3n) is 3.39. The van der Waals surface area contributed by atoms with E-state index in [0.717, 1.165) is 0 Å². The number of imidazole rings is 1. The van der Waals surface area contributed by atoms with E-state index in [1.165, 1.54) is 10.8 Å². The first-order valence-electron chi connectivity index (χ1n) is 8.35. The van der Waals surface area contributed by atoms with Gasteiger partial charge in [-0.25, -0.2) is 14.3 Å². The summed E-state index contributed by atoms with van der Waals surface area (Å²) in [5, 5.41) is 0. The van der Waals surface area contributed by atoms with E-state index in [9.17, 15) is 9.59 Å². The first-order valence-corrected chi connectivity index (χ1v) is 8.35. The molecule has 0 aliphatic heterocycles. The van der Waals surface area contributed by atoms with Gasteiger partial charge in [-0.2, -0.15) is 0 Å². The van der Waals surface area contributed by atoms with Crippen molar-refractivity contribution in [2.75, 3.05) is 13.7 Å². The minimum absolute atomic E-state index is 0.0732. The summed E-state index contributed by atoms with van der Waals surface area (Å²) in [5.41, 5.74) is 0.426. The average molecular weight is 360 g/mol. The molecule has 0 saturated heterocycles. The maximum Gasteiger partial charge on any atom is 0.420 e. The number of hydrogen-bond acceptors (Lipinski definition) is 6. The number of hydrogen-bond donors (Lipinski definition) is 0. The van der Waals surface area contributed by atoms with Gasteiger partial charge in [0.2, 0.25) is 0 Å². The highest BCUT2D eigenvalue weighted by atomic mass is 16.6. The van der Waals surface area contributed by atoms with E-state index in [4.69, 9.17) is 14.2 Å². The van der Waals surface area contributed by atoms with Crippen LogP contribution in [0.25, 0.3) is 11.4 Å². The number of carbonyl (C=O) groups excluding carboxylic acids is 2. The molecule has 26 heavy (non-hydrogen) atoms. The molecule has 0 aliphatic rings. The van der Waals surface area contributed by atoms with Crippen LogP contribution in [-0.2, 0) is 20.7 Å². The van der Waals surface area contributed by atoms with Crippen molar-refractivity contribution in [3.05, 3.63) is 36.2 Å². The first-order chi connectivity index (χ1) is 12.2. The predicted octanol–water partition coefficient (Wildman–Crippen LogP) is 3.45. The fourth-order valence-electron chi connectivity index (χ4n) is 2.33. The number of rotatable bonds is 5. The fraction of sp³-hybridized carbons (Fsp3) is 0.421. The smallest absolute Gasteiger partial charge is 0.420 e. The van der Waals surface area contributed by atoms with Crippen LogP contribution in [0.1, 0.15) is 33.4 Å². The van der Waals surface area contributed by atoms with Crippen molar-refractivity contribution in [3.63, 3.8) is 0 Å². The third-order valence-corrected chi connectivity index (χ3v) is 3.39. The summed E-state index contributed by atoms with van der Waals surface area (Å²) in [4.78, 5) is 28.9. The molecule has 1 heterocycles. The van der Waals surface area contributed by atoms with Crippen molar-refractivity contribution < 1.29 is 23.8 Å². The quantitative estimate of drug-likeness (QED) is 0.760. The van der Waals surface area contributed by atoms with E-state index in [1.54, 1.807) is 59.1 Å². The Morgan fingerprint density at radius 3 is 2.35 bits per heavy atom. The molecule has 0 fully saturated rings. The lowest BCUT2D eigenvalue weighted by Gasteiger charge is -2.21. The summed E-state index contributed by atoms with van der Waals surface area (Å²) in [5.74, 6) is 0.649. The van der Waals surface area contributed by atoms with Gasteiger partial charge in [0.1, 0.15) is 17.2 Å². The van der Waals surface area contributed by atoms with Crippen LogP contribution in [-0.4, -0.2) is 40.9 Å². The van der Waals surface area contributed by atoms with Gasteiger partial charge in [0.25, 0.3) is 0 Å². The molecule has 140 valence electrons. The Morgan fingerprint density at radius 1 is 1.15 bits per heavy atom. The maximum atomic E-state index is 12.7. The van der Waals surface area contributed by atoms with Gasteiger partial charge in [-0.1, -0.05) is 0 Å². The van der Waals surface area contributed by atoms with E-state index in [2.05, 4.69) is 4.98 Å². The van der Waals surface area contributed by atoms with Crippen molar-refractivity contribution in [2.24, 2.45) is 0 Å². The molecule has 0 unspecified atom stereocenters. The second-order valence-corrected chi connectivity index (χ2v) is 6.60. The highest BCUT2D eigenvalue weighted by Gasteiger charge is 2.25. The number of ether oxygens (including phenoxy) is 3. The van der Waals surface area contributed by atoms with Gasteiger partial charge in [0.15, 0.2) is 0 Å². The van der Waals surface area contributed by atoms with E-state index >= 15 is 0 Å². The molecule has 0 N–H and O–H groups in total. The zero-order valence-corrected chi connectivity index (χ0v) is 15.7. The van der Waals surface area contributed by atoms with Gasteiger partial charge in [-0.3, -0.25) is 4.79 Å². The summed E-state index contributed by atoms with van der Waals surface area (Å²) < 4.78 is 16.9. The van der Waals surface area contributed by atoms with Gasteiger partial charge in [0, 0.05) is 5.56 Å². The van der Waals surface area contributed by atoms with Gasteiger partial charge in [-0.15, -0.1) is 0 Å². The molecular formula is C19H24N2O5. The number of benzene rings is 1. The van der Waals surface area contributed by atoms with Crippen LogP contribution in [0.3, 0.4) is 0 Å². The number of esters is 1. The number of carbonyl (C=O) groups is 2. The Labute approximate surface area is 152 Å². The van der Waals surface area contributed by atoms with Crippen LogP contribution in [0.2, 0.25) is 0 Å². The monoisotopic (exact) mass is 360 g/mol. The van der Waals surface area contributed by atoms with Crippen molar-refractivity contribution in [1.29, 1.82) is 0 Å². The summed E-state index contributed by atoms with van der Waals surface area (Å²) in [6.07, 6.45) is 0.816. The molecule has 0 aliphatic carbocycles. The molecule has 0 bridgehead atoms. The molecule has 0 amide bonds. The van der Waals surface area contributed by atoms with E-state index < -0.39 is 17.7 Å². The van der Waals surface area contributed by atoms with Crippen LogP contribution >= 0.6 is 0 Å². The lowest BCUT2D eigenvalue weighted by molar-refractivity contribution is -0.142. The Hall–Kier alpha value is -2.83. The predicted molar refractivity (Wildman–Crippen MR) is 96.2 cm³/mol. The van der Waals surface area contributed by atoms with Crippen LogP contribution in [0.15, 0.2) is 30.5 Å². The molecule has 0 saturated carbocycles. The molecule has 7 heteroatoms. The summed E-state index contributed by atoms with van der Waals surface area (Å²) >= 11 is 0. The summed E-state index contributed by atoms with van der Waals surface area (Å²) in [7, 11) is 1.58. The summed E-state index contributed by atoms with van der Waals surface area (Å²) in [6.45, 7) is 7.33. The molecule has 0 atom stereocenters. The van der Waals surface area contributed by atoms with Gasteiger partial charge in [-0.05, 0) is 52.0 Å². The normalized spacial score (nSPS) is 11.1. The Balaban J connectivity index is 2.44. The van der Waals surface area contributed by atoms with Crippen molar-refractivity contribution in [2.45, 2.75) is 39.7 Å². The van der Waals surface area contributed by atoms with E-state index in [0.29, 0.717) is 22.8 Å². The zero-order chi connectivity index (χ0) is 19.3. The lowest BCUT2D eigenvalue weighted by atomic mass is 10.2. The van der Waals surface area contributed by atoms with Gasteiger partial charge < -0.3 is 14.2 Å². The molecule has 0 spiro atoms. The number of aromatic nitrogens is 2. The molecular weight excluding hydrogens is 336 g/mol. The van der Waals surface area contributed by atoms with Gasteiger partial charge >= 0.3 is 12.1 Å². The van der Waals surface area contributed by atoms with Crippen LogP contribution in [0.4, 0.5) is 4.79 Å². The largest absolute Gasteiger partial charge is 0.497 e. The van der Waals surface area contributed by atoms with E-state index in [-0.39, 0.29) is 13.0 Å². The molecule has 1 aromatic heterocycles. The van der Waals surface area contributed by atoms with Crippen molar-refractivity contribution in [3.8, 4) is 17.1 Å². The molecule has 2 aromatic rings. The standard InChI is InChI=1S/C19H24N2O5/c1-6-25-16(22)11-14-12-20-17(13-7-9-15(24-5)10-8-13)21(14)18(23)26-19(2,3)4/h7-10,12H,6,11H2,1-5H3. The minimum atomic E-state index is -0.681. The summed E-state index contributed by atoms with van der Waals surface area (Å²) in [6, 6.07) is 7.12. The average Bonchev–Trinajstić information content (AvgIpc) is 2.97. The lowest BCUT2D eigenvalue weighted by Crippen LogP contribution is -2.29. The highest BCUT2D eigenvalue weighted by molar-refractivity contribution is 5.80.